The third kappa shape index (κ3) is 10.1. The van der Waals surface area contributed by atoms with Crippen molar-refractivity contribution in [2.24, 2.45) is 0 Å². The van der Waals surface area contributed by atoms with E-state index in [0.29, 0.717) is 19.4 Å². The normalized spacial score (nSPS) is 14.3. The SMILES string of the molecule is C=CC(=O)O.O=C1CCCC(=O)N1CCCCCCCCO. The fourth-order valence-electron chi connectivity index (χ4n) is 2.14. The molecule has 1 saturated heterocycles. The molecule has 0 atom stereocenters. The zero-order chi connectivity index (χ0) is 16.8. The Morgan fingerprint density at radius 1 is 1.05 bits per heavy atom. The maximum absolute atomic E-state index is 11.5. The summed E-state index contributed by atoms with van der Waals surface area (Å²) in [7, 11) is 0. The van der Waals surface area contributed by atoms with Gasteiger partial charge in [0.15, 0.2) is 0 Å². The highest BCUT2D eigenvalue weighted by atomic mass is 16.4. The van der Waals surface area contributed by atoms with Gasteiger partial charge in [-0.3, -0.25) is 14.5 Å². The monoisotopic (exact) mass is 313 g/mol. The first-order chi connectivity index (χ1) is 10.5. The number of carbonyl (C=O) groups excluding carboxylic acids is 2. The van der Waals surface area contributed by atoms with E-state index in [9.17, 15) is 14.4 Å². The number of piperidine rings is 1. The van der Waals surface area contributed by atoms with Gasteiger partial charge in [-0.15, -0.1) is 0 Å². The summed E-state index contributed by atoms with van der Waals surface area (Å²) in [6.45, 7) is 3.83. The average molecular weight is 313 g/mol. The molecule has 2 amide bonds. The smallest absolute Gasteiger partial charge is 0.327 e. The van der Waals surface area contributed by atoms with E-state index in [1.165, 1.54) is 4.90 Å². The number of carbonyl (C=O) groups is 3. The molecule has 2 N–H and O–H groups in total. The number of hydrogen-bond acceptors (Lipinski definition) is 4. The van der Waals surface area contributed by atoms with Crippen LogP contribution in [0.15, 0.2) is 12.7 Å². The molecular formula is C16H27NO5. The topological polar surface area (TPSA) is 94.9 Å². The molecule has 126 valence electrons. The highest BCUT2D eigenvalue weighted by Crippen LogP contribution is 2.14. The van der Waals surface area contributed by atoms with Crippen LogP contribution in [0.1, 0.15) is 57.8 Å². The van der Waals surface area contributed by atoms with Crippen LogP contribution in [0.25, 0.3) is 0 Å². The Morgan fingerprint density at radius 3 is 1.95 bits per heavy atom. The fraction of sp³-hybridized carbons (Fsp3) is 0.688. The van der Waals surface area contributed by atoms with Gasteiger partial charge in [0.25, 0.3) is 0 Å². The van der Waals surface area contributed by atoms with Gasteiger partial charge in [0.1, 0.15) is 0 Å². The van der Waals surface area contributed by atoms with E-state index in [1.807, 2.05) is 0 Å². The molecule has 0 saturated carbocycles. The predicted molar refractivity (Wildman–Crippen MR) is 83.2 cm³/mol. The third-order valence-corrected chi connectivity index (χ3v) is 3.35. The molecule has 0 spiro atoms. The summed E-state index contributed by atoms with van der Waals surface area (Å²) >= 11 is 0. The number of carboxylic acid groups (broad SMARTS) is 1. The van der Waals surface area contributed by atoms with Crippen molar-refractivity contribution in [2.75, 3.05) is 13.2 Å². The molecule has 1 aliphatic rings. The highest BCUT2D eigenvalue weighted by molar-refractivity contribution is 5.97. The molecule has 1 aliphatic heterocycles. The summed E-state index contributed by atoms with van der Waals surface area (Å²) in [6, 6.07) is 0. The van der Waals surface area contributed by atoms with E-state index < -0.39 is 5.97 Å². The van der Waals surface area contributed by atoms with Gasteiger partial charge in [0.2, 0.25) is 11.8 Å². The van der Waals surface area contributed by atoms with Gasteiger partial charge in [0.05, 0.1) is 0 Å². The van der Waals surface area contributed by atoms with Crippen LogP contribution in [-0.2, 0) is 14.4 Å². The maximum atomic E-state index is 11.5. The van der Waals surface area contributed by atoms with Crippen LogP contribution in [0.5, 0.6) is 0 Å². The van der Waals surface area contributed by atoms with Gasteiger partial charge in [-0.2, -0.15) is 0 Å². The maximum Gasteiger partial charge on any atom is 0.327 e. The number of nitrogens with zero attached hydrogens (tertiary/aromatic N) is 1. The molecule has 1 rings (SSSR count). The van der Waals surface area contributed by atoms with E-state index in [0.717, 1.165) is 51.0 Å². The van der Waals surface area contributed by atoms with Gasteiger partial charge in [-0.25, -0.2) is 4.79 Å². The summed E-state index contributed by atoms with van der Waals surface area (Å²) in [6.07, 6.45) is 8.78. The molecule has 0 aromatic carbocycles. The first-order valence-corrected chi connectivity index (χ1v) is 7.82. The number of carboxylic acids is 1. The summed E-state index contributed by atoms with van der Waals surface area (Å²) in [4.78, 5) is 33.7. The Morgan fingerprint density at radius 2 is 1.50 bits per heavy atom. The summed E-state index contributed by atoms with van der Waals surface area (Å²) < 4.78 is 0. The van der Waals surface area contributed by atoms with Crippen molar-refractivity contribution in [3.8, 4) is 0 Å². The van der Waals surface area contributed by atoms with Gasteiger partial charge < -0.3 is 10.2 Å². The van der Waals surface area contributed by atoms with Crippen molar-refractivity contribution >= 4 is 17.8 Å². The van der Waals surface area contributed by atoms with Crippen LogP contribution in [0, 0.1) is 0 Å². The molecular weight excluding hydrogens is 286 g/mol. The molecule has 0 unspecified atom stereocenters. The lowest BCUT2D eigenvalue weighted by atomic mass is 10.1. The van der Waals surface area contributed by atoms with Gasteiger partial charge >= 0.3 is 5.97 Å². The van der Waals surface area contributed by atoms with Crippen molar-refractivity contribution < 1.29 is 24.6 Å². The Labute approximate surface area is 131 Å². The minimum atomic E-state index is -0.981. The first kappa shape index (κ1) is 20.3. The second-order valence-electron chi connectivity index (χ2n) is 5.18. The lowest BCUT2D eigenvalue weighted by Gasteiger charge is -2.24. The first-order valence-electron chi connectivity index (χ1n) is 7.82. The number of hydrogen-bond donors (Lipinski definition) is 2. The number of aliphatic carboxylic acids is 1. The van der Waals surface area contributed by atoms with Gasteiger partial charge in [0, 0.05) is 32.1 Å². The van der Waals surface area contributed by atoms with E-state index in [-0.39, 0.29) is 18.4 Å². The van der Waals surface area contributed by atoms with Crippen LogP contribution in [-0.4, -0.2) is 46.0 Å². The average Bonchev–Trinajstić information content (AvgIpc) is 2.49. The second kappa shape index (κ2) is 13.0. The Bertz CT molecular complexity index is 352. The molecule has 22 heavy (non-hydrogen) atoms. The number of likely N-dealkylation sites (tertiary alicyclic amines) is 1. The second-order valence-corrected chi connectivity index (χ2v) is 5.18. The standard InChI is InChI=1S/C13H23NO3.C3H4O2/c15-11-6-4-2-1-3-5-10-14-12(16)8-7-9-13(14)17;1-2-3(4)5/h15H,1-11H2;2H,1H2,(H,4,5). The quantitative estimate of drug-likeness (QED) is 0.386. The highest BCUT2D eigenvalue weighted by Gasteiger charge is 2.24. The molecule has 6 nitrogen and oxygen atoms in total. The van der Waals surface area contributed by atoms with Crippen molar-refractivity contribution in [1.82, 2.24) is 4.90 Å². The zero-order valence-corrected chi connectivity index (χ0v) is 13.1. The summed E-state index contributed by atoms with van der Waals surface area (Å²) in [5, 5.41) is 16.2. The van der Waals surface area contributed by atoms with E-state index in [4.69, 9.17) is 10.2 Å². The van der Waals surface area contributed by atoms with E-state index >= 15 is 0 Å². The predicted octanol–water partition coefficient (Wildman–Crippen LogP) is 2.12. The Balaban J connectivity index is 0.000000763. The van der Waals surface area contributed by atoms with Gasteiger partial charge in [-0.1, -0.05) is 32.3 Å². The lowest BCUT2D eigenvalue weighted by molar-refractivity contribution is -0.148. The van der Waals surface area contributed by atoms with Crippen molar-refractivity contribution in [2.45, 2.75) is 57.8 Å². The van der Waals surface area contributed by atoms with Crippen LogP contribution in [0.2, 0.25) is 0 Å². The Kier molecular flexibility index (Phi) is 12.0. The molecule has 0 bridgehead atoms. The van der Waals surface area contributed by atoms with E-state index in [1.54, 1.807) is 0 Å². The number of aliphatic hydroxyl groups is 1. The molecule has 0 aromatic rings. The fourth-order valence-corrected chi connectivity index (χ4v) is 2.14. The minimum Gasteiger partial charge on any atom is -0.478 e. The van der Waals surface area contributed by atoms with Crippen LogP contribution in [0.4, 0.5) is 0 Å². The molecule has 1 fully saturated rings. The van der Waals surface area contributed by atoms with E-state index in [2.05, 4.69) is 6.58 Å². The lowest BCUT2D eigenvalue weighted by Crippen LogP contribution is -2.40. The van der Waals surface area contributed by atoms with Crippen LogP contribution >= 0.6 is 0 Å². The number of rotatable bonds is 9. The van der Waals surface area contributed by atoms with Crippen molar-refractivity contribution in [3.63, 3.8) is 0 Å². The van der Waals surface area contributed by atoms with Crippen molar-refractivity contribution in [1.29, 1.82) is 0 Å². The molecule has 0 aromatic heterocycles. The number of imide groups is 1. The Hall–Kier alpha value is -1.69. The van der Waals surface area contributed by atoms with Crippen LogP contribution < -0.4 is 0 Å². The molecule has 0 aliphatic carbocycles. The minimum absolute atomic E-state index is 0.00142. The molecule has 0 radical (unpaired) electrons. The molecule has 6 heteroatoms. The summed E-state index contributed by atoms with van der Waals surface area (Å²) in [5.74, 6) is -0.979. The number of aliphatic hydroxyl groups excluding tert-OH is 1. The molecule has 1 heterocycles. The summed E-state index contributed by atoms with van der Waals surface area (Å²) in [5.41, 5.74) is 0. The zero-order valence-electron chi connectivity index (χ0n) is 13.1. The number of amides is 2. The number of unbranched alkanes of at least 4 members (excludes halogenated alkanes) is 5. The van der Waals surface area contributed by atoms with Crippen LogP contribution in [0.3, 0.4) is 0 Å². The third-order valence-electron chi connectivity index (χ3n) is 3.35. The van der Waals surface area contributed by atoms with Crippen molar-refractivity contribution in [3.05, 3.63) is 12.7 Å². The largest absolute Gasteiger partial charge is 0.478 e. The van der Waals surface area contributed by atoms with Gasteiger partial charge in [-0.05, 0) is 19.3 Å².